The first-order valence-corrected chi connectivity index (χ1v) is 9.53. The molecule has 0 radical (unpaired) electrons. The first-order valence-electron chi connectivity index (χ1n) is 9.53. The summed E-state index contributed by atoms with van der Waals surface area (Å²) in [5.74, 6) is -0.0721. The Bertz CT molecular complexity index is 777. The third-order valence-corrected chi connectivity index (χ3v) is 4.94. The molecule has 0 bridgehead atoms. The summed E-state index contributed by atoms with van der Waals surface area (Å²) in [4.78, 5) is 14.9. The summed E-state index contributed by atoms with van der Waals surface area (Å²) >= 11 is 0. The van der Waals surface area contributed by atoms with Gasteiger partial charge in [0.05, 0.1) is 19.3 Å². The van der Waals surface area contributed by atoms with E-state index in [1.807, 2.05) is 37.3 Å². The summed E-state index contributed by atoms with van der Waals surface area (Å²) in [5.41, 5.74) is 4.57. The van der Waals surface area contributed by atoms with E-state index in [2.05, 4.69) is 41.4 Å². The number of hydrogen-bond donors (Lipinski definition) is 1. The second-order valence-electron chi connectivity index (χ2n) is 7.07. The van der Waals surface area contributed by atoms with E-state index in [1.165, 1.54) is 5.56 Å². The van der Waals surface area contributed by atoms with Gasteiger partial charge in [0.25, 0.3) is 0 Å². The van der Waals surface area contributed by atoms with Gasteiger partial charge in [0.2, 0.25) is 5.91 Å². The van der Waals surface area contributed by atoms with Crippen molar-refractivity contribution in [2.24, 2.45) is 0 Å². The second kappa shape index (κ2) is 9.49. The highest BCUT2D eigenvalue weighted by Crippen LogP contribution is 2.17. The molecule has 1 heterocycles. The van der Waals surface area contributed by atoms with Crippen LogP contribution in [0.4, 0.5) is 0 Å². The molecule has 2 aromatic carbocycles. The Morgan fingerprint density at radius 1 is 1.11 bits per heavy atom. The fourth-order valence-electron chi connectivity index (χ4n) is 3.23. The van der Waals surface area contributed by atoms with Gasteiger partial charge in [0, 0.05) is 25.7 Å². The largest absolute Gasteiger partial charge is 0.379 e. The fraction of sp³-hybridized carbons (Fsp3) is 0.348. The minimum Gasteiger partial charge on any atom is -0.379 e. The van der Waals surface area contributed by atoms with E-state index in [9.17, 15) is 4.79 Å². The van der Waals surface area contributed by atoms with Crippen molar-refractivity contribution in [3.05, 3.63) is 76.9 Å². The third-order valence-electron chi connectivity index (χ3n) is 4.94. The Morgan fingerprint density at radius 3 is 2.52 bits per heavy atom. The van der Waals surface area contributed by atoms with Crippen molar-refractivity contribution in [2.75, 3.05) is 32.8 Å². The Kier molecular flexibility index (Phi) is 6.80. The van der Waals surface area contributed by atoms with Crippen LogP contribution in [0.2, 0.25) is 0 Å². The number of benzene rings is 2. The zero-order chi connectivity index (χ0) is 19.1. The van der Waals surface area contributed by atoms with E-state index in [1.54, 1.807) is 6.08 Å². The summed E-state index contributed by atoms with van der Waals surface area (Å²) in [6, 6.07) is 16.4. The van der Waals surface area contributed by atoms with Gasteiger partial charge >= 0.3 is 0 Å². The highest BCUT2D eigenvalue weighted by Gasteiger charge is 2.19. The van der Waals surface area contributed by atoms with Gasteiger partial charge in [-0.3, -0.25) is 9.69 Å². The molecule has 0 spiro atoms. The van der Waals surface area contributed by atoms with Crippen LogP contribution in [-0.2, 0) is 9.53 Å². The first-order chi connectivity index (χ1) is 13.1. The number of ether oxygens (including phenoxy) is 1. The molecule has 27 heavy (non-hydrogen) atoms. The van der Waals surface area contributed by atoms with Crippen LogP contribution in [0.1, 0.15) is 28.3 Å². The lowest BCUT2D eigenvalue weighted by molar-refractivity contribution is -0.117. The van der Waals surface area contributed by atoms with Crippen LogP contribution in [0.5, 0.6) is 0 Å². The molecule has 1 aliphatic rings. The zero-order valence-electron chi connectivity index (χ0n) is 16.2. The average molecular weight is 364 g/mol. The van der Waals surface area contributed by atoms with Gasteiger partial charge in [-0.15, -0.1) is 0 Å². The standard InChI is InChI=1S/C23H28N2O2/c1-18-7-9-21(10-8-18)22(17-25-13-15-27-16-14-25)24-23(26)12-11-20-6-4-3-5-19(20)2/h3-12,22H,13-17H2,1-2H3,(H,24,26)/b12-11+/t22-/m0/s1. The Balaban J connectivity index is 1.70. The normalized spacial score (nSPS) is 16.4. The minimum absolute atomic E-state index is 0.0438. The van der Waals surface area contributed by atoms with Crippen molar-refractivity contribution in [1.29, 1.82) is 0 Å². The lowest BCUT2D eigenvalue weighted by Gasteiger charge is -2.31. The van der Waals surface area contributed by atoms with Crippen molar-refractivity contribution in [3.63, 3.8) is 0 Å². The zero-order valence-corrected chi connectivity index (χ0v) is 16.2. The van der Waals surface area contributed by atoms with Gasteiger partial charge in [-0.05, 0) is 36.6 Å². The number of carbonyl (C=O) groups is 1. The quantitative estimate of drug-likeness (QED) is 0.798. The van der Waals surface area contributed by atoms with Crippen molar-refractivity contribution in [2.45, 2.75) is 19.9 Å². The lowest BCUT2D eigenvalue weighted by atomic mass is 10.0. The highest BCUT2D eigenvalue weighted by atomic mass is 16.5. The van der Waals surface area contributed by atoms with Gasteiger partial charge < -0.3 is 10.1 Å². The molecule has 1 fully saturated rings. The molecule has 0 aliphatic carbocycles. The van der Waals surface area contributed by atoms with Crippen LogP contribution < -0.4 is 5.32 Å². The van der Waals surface area contributed by atoms with E-state index in [0.717, 1.165) is 49.5 Å². The molecule has 1 saturated heterocycles. The van der Waals surface area contributed by atoms with Gasteiger partial charge in [-0.2, -0.15) is 0 Å². The summed E-state index contributed by atoms with van der Waals surface area (Å²) in [5, 5.41) is 3.18. The minimum atomic E-state index is -0.0721. The molecule has 142 valence electrons. The monoisotopic (exact) mass is 364 g/mol. The van der Waals surface area contributed by atoms with Crippen molar-refractivity contribution >= 4 is 12.0 Å². The SMILES string of the molecule is Cc1ccc([C@H](CN2CCOCC2)NC(=O)/C=C/c2ccccc2C)cc1. The number of hydrogen-bond acceptors (Lipinski definition) is 3. The molecule has 0 unspecified atom stereocenters. The molecule has 3 rings (SSSR count). The molecule has 4 nitrogen and oxygen atoms in total. The van der Waals surface area contributed by atoms with Crippen LogP contribution in [-0.4, -0.2) is 43.7 Å². The molecule has 1 aliphatic heterocycles. The first kappa shape index (κ1) is 19.3. The molecule has 0 aromatic heterocycles. The predicted molar refractivity (Wildman–Crippen MR) is 110 cm³/mol. The van der Waals surface area contributed by atoms with Crippen LogP contribution in [0.25, 0.3) is 6.08 Å². The van der Waals surface area contributed by atoms with Gasteiger partial charge in [-0.25, -0.2) is 0 Å². The third kappa shape index (κ3) is 5.78. The van der Waals surface area contributed by atoms with Crippen LogP contribution in [0.15, 0.2) is 54.6 Å². The Labute approximate surface area is 161 Å². The van der Waals surface area contributed by atoms with Crippen LogP contribution in [0.3, 0.4) is 0 Å². The van der Waals surface area contributed by atoms with Gasteiger partial charge in [0.1, 0.15) is 0 Å². The number of nitrogens with zero attached hydrogens (tertiary/aromatic N) is 1. The lowest BCUT2D eigenvalue weighted by Crippen LogP contribution is -2.42. The maximum absolute atomic E-state index is 12.6. The second-order valence-corrected chi connectivity index (χ2v) is 7.07. The number of carbonyl (C=O) groups excluding carboxylic acids is 1. The Morgan fingerprint density at radius 2 is 1.81 bits per heavy atom. The predicted octanol–water partition coefficient (Wildman–Crippen LogP) is 3.51. The number of nitrogens with one attached hydrogen (secondary N) is 1. The molecular formula is C23H28N2O2. The molecule has 1 atom stereocenters. The Hall–Kier alpha value is -2.43. The summed E-state index contributed by atoms with van der Waals surface area (Å²) in [6.45, 7) is 8.21. The molecule has 0 saturated carbocycles. The van der Waals surface area contributed by atoms with E-state index in [-0.39, 0.29) is 11.9 Å². The highest BCUT2D eigenvalue weighted by molar-refractivity contribution is 5.92. The molecule has 1 amide bonds. The topological polar surface area (TPSA) is 41.6 Å². The summed E-state index contributed by atoms with van der Waals surface area (Å²) < 4.78 is 5.44. The maximum atomic E-state index is 12.6. The van der Waals surface area contributed by atoms with E-state index >= 15 is 0 Å². The van der Waals surface area contributed by atoms with E-state index in [0.29, 0.717) is 0 Å². The maximum Gasteiger partial charge on any atom is 0.244 e. The van der Waals surface area contributed by atoms with Gasteiger partial charge in [-0.1, -0.05) is 54.1 Å². The average Bonchev–Trinajstić information content (AvgIpc) is 2.68. The molecule has 2 aromatic rings. The van der Waals surface area contributed by atoms with Crippen molar-refractivity contribution in [1.82, 2.24) is 10.2 Å². The number of morpholine rings is 1. The molecule has 1 N–H and O–H groups in total. The van der Waals surface area contributed by atoms with E-state index in [4.69, 9.17) is 4.74 Å². The molecule has 4 heteroatoms. The van der Waals surface area contributed by atoms with E-state index < -0.39 is 0 Å². The number of aryl methyl sites for hydroxylation is 2. The van der Waals surface area contributed by atoms with Crippen LogP contribution >= 0.6 is 0 Å². The molecular weight excluding hydrogens is 336 g/mol. The van der Waals surface area contributed by atoms with Crippen molar-refractivity contribution < 1.29 is 9.53 Å². The number of amides is 1. The summed E-state index contributed by atoms with van der Waals surface area (Å²) in [6.07, 6.45) is 3.51. The smallest absolute Gasteiger partial charge is 0.244 e. The number of rotatable bonds is 6. The fourth-order valence-corrected chi connectivity index (χ4v) is 3.23. The van der Waals surface area contributed by atoms with Crippen molar-refractivity contribution in [3.8, 4) is 0 Å². The summed E-state index contributed by atoms with van der Waals surface area (Å²) in [7, 11) is 0. The van der Waals surface area contributed by atoms with Crippen LogP contribution in [0, 0.1) is 13.8 Å². The van der Waals surface area contributed by atoms with Gasteiger partial charge in [0.15, 0.2) is 0 Å².